The number of carbonyl (C=O) groups is 10. The fourth-order valence-corrected chi connectivity index (χ4v) is 12.8. The van der Waals surface area contributed by atoms with Crippen LogP contribution in [-0.2, 0) is 71.0 Å². The van der Waals surface area contributed by atoms with Gasteiger partial charge in [-0.05, 0) is 75.8 Å². The number of anilines is 1. The summed E-state index contributed by atoms with van der Waals surface area (Å²) >= 11 is 0. The van der Waals surface area contributed by atoms with E-state index in [1.54, 1.807) is 80.7 Å². The molecule has 2 aromatic heterocycles. The lowest BCUT2D eigenvalue weighted by Crippen LogP contribution is -2.56. The summed E-state index contributed by atoms with van der Waals surface area (Å²) in [4.78, 5) is 155. The van der Waals surface area contributed by atoms with Crippen LogP contribution < -0.4 is 47.4 Å². The Kier molecular flexibility index (Phi) is 34.2. The maximum absolute atomic E-state index is 14.0. The van der Waals surface area contributed by atoms with Crippen molar-refractivity contribution >= 4 is 86.0 Å². The predicted molar refractivity (Wildman–Crippen MR) is 363 cm³/mol. The molecule has 3 atom stereocenters. The number of nitrogens with zero attached hydrogens (tertiary/aromatic N) is 6. The van der Waals surface area contributed by atoms with Crippen molar-refractivity contribution in [3.8, 4) is 0 Å². The van der Waals surface area contributed by atoms with Crippen LogP contribution in [0, 0.1) is 20.8 Å². The van der Waals surface area contributed by atoms with E-state index >= 15 is 0 Å². The zero-order valence-corrected chi connectivity index (χ0v) is 57.9. The number of hydrogen-bond donors (Lipinski definition) is 16. The Labute approximate surface area is 583 Å². The van der Waals surface area contributed by atoms with Crippen molar-refractivity contribution in [1.82, 2.24) is 70.8 Å². The Morgan fingerprint density at radius 2 is 1.17 bits per heavy atom. The molecule has 0 spiro atoms. The molecule has 1 fully saturated rings. The molecule has 2 aromatic carbocycles. The van der Waals surface area contributed by atoms with Crippen LogP contribution in [0.15, 0.2) is 58.6 Å². The number of aliphatic carboxylic acids is 3. The summed E-state index contributed by atoms with van der Waals surface area (Å²) in [5.74, 6) is -8.89. The Balaban J connectivity index is 1.04. The van der Waals surface area contributed by atoms with Crippen LogP contribution in [0.5, 0.6) is 0 Å². The summed E-state index contributed by atoms with van der Waals surface area (Å²) < 4.78 is 36.8. The van der Waals surface area contributed by atoms with Crippen molar-refractivity contribution in [2.24, 2.45) is 0 Å². The lowest BCUT2D eigenvalue weighted by Gasteiger charge is -2.34. The zero-order chi connectivity index (χ0) is 74.3. The van der Waals surface area contributed by atoms with Crippen molar-refractivity contribution in [2.75, 3.05) is 123 Å². The monoisotopic (exact) mass is 1440 g/mol. The molecule has 558 valence electrons. The summed E-state index contributed by atoms with van der Waals surface area (Å²) in [7, 11) is -4.23. The second kappa shape index (κ2) is 41.8. The SMILES string of the molecule is CC(=O)C(CNC(=O)c1cn(CCCNC(=O)CCC(=O)NCCCOCCCNC(=O)[C@@H](CC(=O)O)NC(=O)[C@@H](CC(=O)O)NC(=O)CN2CCN(CC(=O)O)CCN(CC(O)O)CCN(CC(O)O)CC2)c2cc(CNc3ncc[nH]3)ccc2c1=O)NS(=O)(=O)c1c(C)cc(C)cc1C. The third-order valence-corrected chi connectivity index (χ3v) is 17.8. The van der Waals surface area contributed by atoms with E-state index in [9.17, 15) is 96.9 Å². The molecule has 1 saturated heterocycles. The molecule has 0 saturated carbocycles. The summed E-state index contributed by atoms with van der Waals surface area (Å²) in [6, 6.07) is 3.59. The lowest BCUT2D eigenvalue weighted by atomic mass is 10.1. The summed E-state index contributed by atoms with van der Waals surface area (Å²) in [6.45, 7) is 6.81. The van der Waals surface area contributed by atoms with Gasteiger partial charge >= 0.3 is 17.9 Å². The number of aliphatic hydroxyl groups excluding tert-OH is 2. The number of carboxylic acid groups (broad SMARTS) is 3. The van der Waals surface area contributed by atoms with Gasteiger partial charge < -0.3 is 87.3 Å². The number of carbonyl (C=O) groups excluding carboxylic acids is 7. The van der Waals surface area contributed by atoms with Gasteiger partial charge in [-0.3, -0.25) is 72.3 Å². The van der Waals surface area contributed by atoms with Crippen LogP contribution in [0.1, 0.15) is 84.5 Å². The van der Waals surface area contributed by atoms with E-state index in [-0.39, 0.29) is 140 Å². The molecule has 6 amide bonds. The highest BCUT2D eigenvalue weighted by molar-refractivity contribution is 7.89. The second-order valence-electron chi connectivity index (χ2n) is 24.5. The number of aromatic amines is 1. The number of aliphatic hydroxyl groups is 4. The van der Waals surface area contributed by atoms with Crippen molar-refractivity contribution < 1.29 is 96.8 Å². The standard InChI is InChI=1S/C64H95N15O21S/c1-40-28-41(2)60(42(3)29-40)101(98,99)74-49(43(4)80)34-70-61(95)46-35-79(50-30-44(8-9-45(50)59(46)94)33-71-64-68-15-16-69-64)17-5-12-65-51(81)10-11-52(82)66-13-6-26-100-27-7-14-67-62(96)47(31-54(84)85)73-63(97)48(32-55(86)87)72-53(83)36-75-18-20-76(37-56(88)89)22-24-78(39-58(92)93)25-23-77(21-19-75)38-57(90)91/h8-9,15-16,28-30,35,47-49,56,58,74,88-89,92-93H,5-7,10-14,17-27,31-34,36-39H2,1-4H3,(H,65,81)(H,66,82)(H,67,96)(H,70,95)(H,72,83)(H,73,97)(H,84,85)(H,86,87)(H,90,91)(H2,68,69,71)/t47-,48-,49?/m1/s1. The van der Waals surface area contributed by atoms with Gasteiger partial charge in [-0.15, -0.1) is 0 Å². The number of hydrogen-bond acceptors (Lipinski definition) is 24. The van der Waals surface area contributed by atoms with Crippen LogP contribution in [0.4, 0.5) is 5.95 Å². The van der Waals surface area contributed by atoms with E-state index in [2.05, 4.69) is 51.9 Å². The normalized spacial score (nSPS) is 14.8. The third kappa shape index (κ3) is 29.7. The molecule has 1 unspecified atom stereocenters. The van der Waals surface area contributed by atoms with Crippen LogP contribution in [0.2, 0.25) is 0 Å². The van der Waals surface area contributed by atoms with E-state index in [1.807, 2.05) is 6.92 Å². The molecule has 16 N–H and O–H groups in total. The van der Waals surface area contributed by atoms with Gasteiger partial charge in [0.15, 0.2) is 18.5 Å². The van der Waals surface area contributed by atoms with Crippen molar-refractivity contribution in [1.29, 1.82) is 0 Å². The second-order valence-corrected chi connectivity index (χ2v) is 26.1. The van der Waals surface area contributed by atoms with Gasteiger partial charge in [-0.1, -0.05) is 23.8 Å². The highest BCUT2D eigenvalue weighted by Gasteiger charge is 2.32. The maximum atomic E-state index is 14.0. The molecular weight excluding hydrogens is 1350 g/mol. The molecule has 36 nitrogen and oxygen atoms in total. The number of Topliss-reactive ketones (excluding diaryl/α,β-unsaturated/α-hetero) is 1. The van der Waals surface area contributed by atoms with Gasteiger partial charge in [0.25, 0.3) is 5.91 Å². The number of imidazole rings is 1. The zero-order valence-electron chi connectivity index (χ0n) is 57.0. The Hall–Kier alpha value is -8.89. The summed E-state index contributed by atoms with van der Waals surface area (Å²) in [5, 5.41) is 86.0. The number of pyridine rings is 1. The van der Waals surface area contributed by atoms with Gasteiger partial charge in [0.1, 0.15) is 23.4 Å². The number of sulfonamides is 1. The largest absolute Gasteiger partial charge is 0.481 e. The molecule has 3 heterocycles. The molecule has 4 aromatic rings. The molecule has 1 aliphatic rings. The smallest absolute Gasteiger partial charge is 0.317 e. The van der Waals surface area contributed by atoms with Crippen LogP contribution in [-0.4, -0.2) is 286 Å². The van der Waals surface area contributed by atoms with Gasteiger partial charge in [0.2, 0.25) is 45.0 Å². The average molecular weight is 1440 g/mol. The number of β-amino-alcohol motifs (C(OH)–C–C–N with tert-alkyl or cyclic N) is 4. The number of ether oxygens (including phenoxy) is 1. The number of ketones is 1. The maximum Gasteiger partial charge on any atom is 0.317 e. The van der Waals surface area contributed by atoms with Gasteiger partial charge in [0.05, 0.1) is 42.4 Å². The van der Waals surface area contributed by atoms with Crippen molar-refractivity contribution in [3.63, 3.8) is 0 Å². The average Bonchev–Trinajstić information content (AvgIpc) is 0.887. The minimum absolute atomic E-state index is 0.0101. The topological polar surface area (TPSA) is 516 Å². The number of amides is 6. The fourth-order valence-electron chi connectivity index (χ4n) is 11.1. The molecule has 0 aliphatic carbocycles. The van der Waals surface area contributed by atoms with Gasteiger partial charge in [0, 0.05) is 155 Å². The first-order valence-electron chi connectivity index (χ1n) is 32.9. The molecule has 37 heteroatoms. The number of rotatable bonds is 41. The summed E-state index contributed by atoms with van der Waals surface area (Å²) in [6.07, 6.45) is -0.140. The van der Waals surface area contributed by atoms with E-state index < -0.39 is 138 Å². The van der Waals surface area contributed by atoms with Crippen molar-refractivity contribution in [2.45, 2.75) is 121 Å². The number of carboxylic acids is 3. The quantitative estimate of drug-likeness (QED) is 0.0149. The highest BCUT2D eigenvalue weighted by atomic mass is 32.2. The number of aromatic nitrogens is 3. The minimum Gasteiger partial charge on any atom is -0.481 e. The van der Waals surface area contributed by atoms with Crippen LogP contribution in [0.3, 0.4) is 0 Å². The van der Waals surface area contributed by atoms with Crippen molar-refractivity contribution in [3.05, 3.63) is 87.0 Å². The lowest BCUT2D eigenvalue weighted by molar-refractivity contribution is -0.143. The molecule has 0 radical (unpaired) electrons. The Bertz CT molecular complexity index is 3630. The number of aryl methyl sites for hydroxylation is 4. The molecule has 5 rings (SSSR count). The van der Waals surface area contributed by atoms with Gasteiger partial charge in [-0.2, -0.15) is 4.72 Å². The van der Waals surface area contributed by atoms with E-state index in [1.165, 1.54) is 13.1 Å². The van der Waals surface area contributed by atoms with Gasteiger partial charge in [-0.25, -0.2) is 13.4 Å². The Morgan fingerprint density at radius 1 is 0.634 bits per heavy atom. The fraction of sp³-hybridized carbons (Fsp3) is 0.562. The number of H-pyrrole nitrogens is 1. The first kappa shape index (κ1) is 82.8. The Morgan fingerprint density at radius 3 is 1.69 bits per heavy atom. The number of nitrogens with one attached hydrogen (secondary N) is 9. The molecule has 1 aliphatic heterocycles. The number of fused-ring (bicyclic) bond motifs is 1. The van der Waals surface area contributed by atoms with E-state index in [4.69, 9.17) is 4.74 Å². The summed E-state index contributed by atoms with van der Waals surface area (Å²) in [5.41, 5.74) is 2.14. The minimum atomic E-state index is -4.23. The molecule has 0 bridgehead atoms. The molecular formula is C64H95N15O21S. The molecule has 101 heavy (non-hydrogen) atoms. The number of benzene rings is 2. The van der Waals surface area contributed by atoms with Crippen LogP contribution in [0.25, 0.3) is 10.9 Å². The third-order valence-electron chi connectivity index (χ3n) is 16.0. The first-order valence-corrected chi connectivity index (χ1v) is 34.4. The van der Waals surface area contributed by atoms with Crippen LogP contribution >= 0.6 is 0 Å². The highest BCUT2D eigenvalue weighted by Crippen LogP contribution is 2.23. The van der Waals surface area contributed by atoms with E-state index in [0.717, 1.165) is 11.1 Å². The first-order chi connectivity index (χ1) is 47.9. The van der Waals surface area contributed by atoms with E-state index in [0.29, 0.717) is 42.0 Å². The predicted octanol–water partition coefficient (Wildman–Crippen LogP) is -3.91.